The van der Waals surface area contributed by atoms with E-state index in [0.717, 1.165) is 38.5 Å². The maximum Gasteiger partial charge on any atom is 0.306 e. The van der Waals surface area contributed by atoms with Gasteiger partial charge in [-0.1, -0.05) is 187 Å². The van der Waals surface area contributed by atoms with Crippen molar-refractivity contribution in [2.45, 2.75) is 244 Å². The molecule has 0 fully saturated rings. The summed E-state index contributed by atoms with van der Waals surface area (Å²) < 4.78 is 17.2. The van der Waals surface area contributed by atoms with Crippen molar-refractivity contribution in [3.8, 4) is 0 Å². The molecule has 0 rings (SSSR count). The number of carbonyl (C=O) groups excluding carboxylic acids is 3. The third-order valence-corrected chi connectivity index (χ3v) is 11.2. The molecule has 0 saturated heterocycles. The largest absolute Gasteiger partial charge is 0.544 e. The number of hydrogen-bond acceptors (Lipinski definition) is 7. The van der Waals surface area contributed by atoms with E-state index in [1.807, 2.05) is 0 Å². The molecule has 0 aromatic carbocycles. The van der Waals surface area contributed by atoms with E-state index in [-0.39, 0.29) is 42.7 Å². The number of carboxylic acid groups (broad SMARTS) is 1. The van der Waals surface area contributed by atoms with Crippen molar-refractivity contribution in [1.82, 2.24) is 0 Å². The van der Waals surface area contributed by atoms with Gasteiger partial charge >= 0.3 is 11.9 Å². The zero-order chi connectivity index (χ0) is 42.1. The van der Waals surface area contributed by atoms with Crippen LogP contribution in [0.25, 0.3) is 0 Å². The topological polar surface area (TPSA) is 102 Å². The van der Waals surface area contributed by atoms with Gasteiger partial charge in [0.2, 0.25) is 0 Å². The molecule has 336 valence electrons. The molecule has 0 radical (unpaired) electrons. The molecule has 0 N–H and O–H groups in total. The molecule has 0 aromatic heterocycles. The zero-order valence-electron chi connectivity index (χ0n) is 38.3. The van der Waals surface area contributed by atoms with Crippen LogP contribution in [-0.4, -0.2) is 75.5 Å². The maximum absolute atomic E-state index is 12.7. The number of nitrogens with zero attached hydrogens (tertiary/aromatic N) is 1. The smallest absolute Gasteiger partial charge is 0.306 e. The summed E-state index contributed by atoms with van der Waals surface area (Å²) in [6.07, 6.45) is 43.7. The molecule has 0 aliphatic rings. The summed E-state index contributed by atoms with van der Waals surface area (Å²) in [6.45, 7) is 4.69. The van der Waals surface area contributed by atoms with Crippen molar-refractivity contribution < 1.29 is 38.2 Å². The van der Waals surface area contributed by atoms with Gasteiger partial charge in [0.1, 0.15) is 12.6 Å². The average molecular weight is 808 g/mol. The lowest BCUT2D eigenvalue weighted by atomic mass is 10.0. The molecule has 0 amide bonds. The highest BCUT2D eigenvalue weighted by Crippen LogP contribution is 2.16. The Morgan fingerprint density at radius 2 is 0.877 bits per heavy atom. The predicted molar refractivity (Wildman–Crippen MR) is 236 cm³/mol. The zero-order valence-corrected chi connectivity index (χ0v) is 38.3. The van der Waals surface area contributed by atoms with Gasteiger partial charge in [-0.15, -0.1) is 0 Å². The van der Waals surface area contributed by atoms with E-state index in [1.54, 1.807) is 21.1 Å². The Morgan fingerprint density at radius 3 is 1.26 bits per heavy atom. The van der Waals surface area contributed by atoms with Gasteiger partial charge in [0.25, 0.3) is 0 Å². The number of allylic oxidation sites excluding steroid dienone is 2. The second kappa shape index (κ2) is 40.8. The van der Waals surface area contributed by atoms with E-state index in [9.17, 15) is 19.5 Å². The molecule has 0 saturated carbocycles. The fourth-order valence-corrected chi connectivity index (χ4v) is 7.36. The molecule has 0 aliphatic heterocycles. The molecule has 2 unspecified atom stereocenters. The van der Waals surface area contributed by atoms with Gasteiger partial charge in [-0.2, -0.15) is 0 Å². The first-order chi connectivity index (χ1) is 27.6. The molecular formula is C49H93NO7. The summed E-state index contributed by atoms with van der Waals surface area (Å²) in [5, 5.41) is 11.6. The molecule has 0 spiro atoms. The van der Waals surface area contributed by atoms with Crippen LogP contribution in [0.1, 0.15) is 232 Å². The normalized spacial score (nSPS) is 12.9. The fourth-order valence-electron chi connectivity index (χ4n) is 7.36. The van der Waals surface area contributed by atoms with Crippen LogP contribution in [0, 0.1) is 0 Å². The lowest BCUT2D eigenvalue weighted by Crippen LogP contribution is -2.55. The van der Waals surface area contributed by atoms with Crippen LogP contribution in [0.15, 0.2) is 12.2 Å². The fraction of sp³-hybridized carbons (Fsp3) is 0.898. The number of hydrogen-bond donors (Lipinski definition) is 0. The number of rotatable bonds is 44. The number of likely N-dealkylation sites (N-methyl/N-ethyl adjacent to an activating group) is 1. The lowest BCUT2D eigenvalue weighted by molar-refractivity contribution is -0.889. The van der Waals surface area contributed by atoms with E-state index in [4.69, 9.17) is 14.2 Å². The number of esters is 2. The highest BCUT2D eigenvalue weighted by molar-refractivity contribution is 5.70. The van der Waals surface area contributed by atoms with Crippen LogP contribution < -0.4 is 5.11 Å². The summed E-state index contributed by atoms with van der Waals surface area (Å²) in [5.41, 5.74) is 0. The third-order valence-electron chi connectivity index (χ3n) is 11.2. The molecule has 0 heterocycles. The van der Waals surface area contributed by atoms with E-state index in [0.29, 0.717) is 12.8 Å². The third kappa shape index (κ3) is 39.3. The predicted octanol–water partition coefficient (Wildman–Crippen LogP) is 12.1. The second-order valence-corrected chi connectivity index (χ2v) is 17.7. The molecule has 0 aliphatic carbocycles. The Balaban J connectivity index is 4.26. The molecule has 57 heavy (non-hydrogen) atoms. The highest BCUT2D eigenvalue weighted by atomic mass is 16.6. The minimum Gasteiger partial charge on any atom is -0.544 e. The Labute approximate surface area is 352 Å². The van der Waals surface area contributed by atoms with Gasteiger partial charge in [0.15, 0.2) is 6.10 Å². The van der Waals surface area contributed by atoms with Crippen LogP contribution in [0.3, 0.4) is 0 Å². The van der Waals surface area contributed by atoms with Crippen molar-refractivity contribution in [3.63, 3.8) is 0 Å². The second-order valence-electron chi connectivity index (χ2n) is 17.7. The number of quaternary nitrogens is 1. The summed E-state index contributed by atoms with van der Waals surface area (Å²) in [4.78, 5) is 36.9. The Morgan fingerprint density at radius 1 is 0.509 bits per heavy atom. The van der Waals surface area contributed by atoms with Crippen molar-refractivity contribution in [1.29, 1.82) is 0 Å². The van der Waals surface area contributed by atoms with Gasteiger partial charge in [-0.3, -0.25) is 9.59 Å². The first-order valence-corrected chi connectivity index (χ1v) is 24.2. The summed E-state index contributed by atoms with van der Waals surface area (Å²) in [6, 6.07) is -0.722. The van der Waals surface area contributed by atoms with Crippen molar-refractivity contribution in [3.05, 3.63) is 12.2 Å². The van der Waals surface area contributed by atoms with E-state index < -0.39 is 18.1 Å². The summed E-state index contributed by atoms with van der Waals surface area (Å²) >= 11 is 0. The molecule has 2 atom stereocenters. The van der Waals surface area contributed by atoms with Crippen LogP contribution in [0.5, 0.6) is 0 Å². The molecule has 0 bridgehead atoms. The van der Waals surface area contributed by atoms with Gasteiger partial charge < -0.3 is 28.6 Å². The number of aliphatic carboxylic acids is 1. The van der Waals surface area contributed by atoms with Gasteiger partial charge in [0, 0.05) is 19.3 Å². The van der Waals surface area contributed by atoms with Gasteiger partial charge in [0.05, 0.1) is 40.3 Å². The molecular weight excluding hydrogens is 715 g/mol. The van der Waals surface area contributed by atoms with E-state index >= 15 is 0 Å². The lowest BCUT2D eigenvalue weighted by Gasteiger charge is -2.34. The van der Waals surface area contributed by atoms with E-state index in [1.165, 1.54) is 161 Å². The Hall–Kier alpha value is -1.93. The molecule has 0 aromatic rings. The first kappa shape index (κ1) is 55.1. The maximum atomic E-state index is 12.7. The van der Waals surface area contributed by atoms with Crippen molar-refractivity contribution in [2.24, 2.45) is 0 Å². The highest BCUT2D eigenvalue weighted by Gasteiger charge is 2.25. The van der Waals surface area contributed by atoms with Crippen molar-refractivity contribution in [2.75, 3.05) is 41.0 Å². The summed E-state index contributed by atoms with van der Waals surface area (Å²) in [5.74, 6) is -1.72. The number of carboxylic acids is 1. The van der Waals surface area contributed by atoms with E-state index in [2.05, 4.69) is 26.0 Å². The number of carbonyl (C=O) groups is 3. The van der Waals surface area contributed by atoms with Crippen LogP contribution in [-0.2, 0) is 28.6 Å². The first-order valence-electron chi connectivity index (χ1n) is 24.2. The van der Waals surface area contributed by atoms with Gasteiger partial charge in [-0.05, 0) is 38.5 Å². The SMILES string of the molecule is CCCCCCCC/C=C\CCCCCCCCCC(=O)OC(COCCC(C(=O)[O-])[N+](C)(C)C)COC(=O)CCCCCCCCCCCCCCCCCC. The number of ether oxygens (including phenoxy) is 3. The quantitative estimate of drug-likeness (QED) is 0.0261. The monoisotopic (exact) mass is 808 g/mol. The Kier molecular flexibility index (Phi) is 39.4. The van der Waals surface area contributed by atoms with Crippen LogP contribution >= 0.6 is 0 Å². The standard InChI is InChI=1S/C49H93NO7/c1-6-8-10-12-14-16-18-20-22-24-26-28-30-32-34-36-38-40-48(52)57-45(43-55-42-41-46(49(53)54)50(3,4)5)44-56-47(51)39-37-35-33-31-29-27-25-23-21-19-17-15-13-11-9-7-2/h20,22,45-46H,6-19,21,23-44H2,1-5H3/b22-20-. The minimum absolute atomic E-state index is 0.0449. The average Bonchev–Trinajstić information content (AvgIpc) is 3.17. The number of unbranched alkanes of at least 4 members (excludes halogenated alkanes) is 28. The molecule has 8 heteroatoms. The van der Waals surface area contributed by atoms with Crippen LogP contribution in [0.4, 0.5) is 0 Å². The molecule has 8 nitrogen and oxygen atoms in total. The van der Waals surface area contributed by atoms with Crippen LogP contribution in [0.2, 0.25) is 0 Å². The summed E-state index contributed by atoms with van der Waals surface area (Å²) in [7, 11) is 5.42. The Bertz CT molecular complexity index is 947. The van der Waals surface area contributed by atoms with Crippen molar-refractivity contribution >= 4 is 17.9 Å². The van der Waals surface area contributed by atoms with Gasteiger partial charge in [-0.25, -0.2) is 0 Å². The minimum atomic E-state index is -1.12.